The van der Waals surface area contributed by atoms with Gasteiger partial charge in [-0.25, -0.2) is 13.2 Å². The Morgan fingerprint density at radius 1 is 1.53 bits per heavy atom. The molecule has 96 valence electrons. The highest BCUT2D eigenvalue weighted by Gasteiger charge is 2.14. The number of furan rings is 1. The van der Waals surface area contributed by atoms with Crippen LogP contribution in [0.25, 0.3) is 0 Å². The van der Waals surface area contributed by atoms with Crippen LogP contribution < -0.4 is 5.32 Å². The molecule has 1 unspecified atom stereocenters. The maximum atomic E-state index is 10.9. The number of sulfone groups is 1. The first-order chi connectivity index (χ1) is 7.79. The molecule has 1 rings (SSSR count). The highest BCUT2D eigenvalue weighted by atomic mass is 32.2. The van der Waals surface area contributed by atoms with Crippen LogP contribution >= 0.6 is 0 Å². The van der Waals surface area contributed by atoms with Crippen molar-refractivity contribution in [1.82, 2.24) is 5.32 Å². The lowest BCUT2D eigenvalue weighted by Crippen LogP contribution is -2.25. The van der Waals surface area contributed by atoms with Gasteiger partial charge in [0.1, 0.15) is 15.6 Å². The second kappa shape index (κ2) is 5.33. The summed E-state index contributed by atoms with van der Waals surface area (Å²) in [5.74, 6) is -0.753. The predicted molar refractivity (Wildman–Crippen MR) is 61.8 cm³/mol. The molecule has 7 heteroatoms. The number of rotatable bonds is 6. The molecular weight excluding hydrogens is 246 g/mol. The Labute approximate surface area is 99.5 Å². The predicted octanol–water partition coefficient (Wildman–Crippen LogP) is 0.673. The first-order valence-corrected chi connectivity index (χ1v) is 7.10. The van der Waals surface area contributed by atoms with Crippen molar-refractivity contribution < 1.29 is 22.7 Å². The molecule has 0 saturated heterocycles. The van der Waals surface area contributed by atoms with Crippen LogP contribution in [0.3, 0.4) is 0 Å². The molecule has 0 aliphatic carbocycles. The van der Waals surface area contributed by atoms with E-state index in [1.165, 1.54) is 6.07 Å². The van der Waals surface area contributed by atoms with Gasteiger partial charge in [0.05, 0.1) is 11.8 Å². The fraction of sp³-hybridized carbons (Fsp3) is 0.500. The Balaban J connectivity index is 2.52. The third-order valence-corrected chi connectivity index (χ3v) is 3.13. The average molecular weight is 261 g/mol. The maximum absolute atomic E-state index is 10.9. The fourth-order valence-electron chi connectivity index (χ4n) is 1.26. The first kappa shape index (κ1) is 13.7. The molecule has 6 nitrogen and oxygen atoms in total. The van der Waals surface area contributed by atoms with Gasteiger partial charge in [-0.1, -0.05) is 0 Å². The van der Waals surface area contributed by atoms with Crippen molar-refractivity contribution in [2.75, 3.05) is 18.6 Å². The van der Waals surface area contributed by atoms with E-state index in [-0.39, 0.29) is 17.6 Å². The van der Waals surface area contributed by atoms with Crippen molar-refractivity contribution in [3.8, 4) is 0 Å². The summed E-state index contributed by atoms with van der Waals surface area (Å²) in [6, 6.07) is 2.69. The van der Waals surface area contributed by atoms with E-state index in [4.69, 9.17) is 9.52 Å². The van der Waals surface area contributed by atoms with Crippen molar-refractivity contribution >= 4 is 15.8 Å². The molecule has 2 N–H and O–H groups in total. The molecule has 0 amide bonds. The lowest BCUT2D eigenvalue weighted by molar-refractivity contribution is 0.0659. The second-order valence-corrected chi connectivity index (χ2v) is 6.07. The van der Waals surface area contributed by atoms with Crippen LogP contribution in [0, 0.1) is 0 Å². The van der Waals surface area contributed by atoms with E-state index >= 15 is 0 Å². The minimum Gasteiger partial charge on any atom is -0.475 e. The molecule has 0 aliphatic rings. The van der Waals surface area contributed by atoms with Crippen molar-refractivity contribution in [3.05, 3.63) is 23.7 Å². The number of hydrogen-bond acceptors (Lipinski definition) is 5. The summed E-state index contributed by atoms with van der Waals surface area (Å²) in [5.41, 5.74) is 0. The molecule has 0 aromatic carbocycles. The third-order valence-electron chi connectivity index (χ3n) is 2.19. The highest BCUT2D eigenvalue weighted by molar-refractivity contribution is 7.90. The van der Waals surface area contributed by atoms with E-state index < -0.39 is 15.8 Å². The van der Waals surface area contributed by atoms with Gasteiger partial charge >= 0.3 is 5.97 Å². The zero-order chi connectivity index (χ0) is 13.1. The van der Waals surface area contributed by atoms with Crippen LogP contribution in [0.4, 0.5) is 0 Å². The van der Waals surface area contributed by atoms with Gasteiger partial charge < -0.3 is 14.8 Å². The van der Waals surface area contributed by atoms with Gasteiger partial charge in [0.15, 0.2) is 0 Å². The summed E-state index contributed by atoms with van der Waals surface area (Å²) in [6.07, 6.45) is 1.16. The SMILES string of the molecule is CC(NCCS(C)(=O)=O)c1ccc(C(=O)O)o1. The van der Waals surface area contributed by atoms with E-state index in [0.29, 0.717) is 12.3 Å². The summed E-state index contributed by atoms with van der Waals surface area (Å²) in [7, 11) is -3.00. The van der Waals surface area contributed by atoms with Crippen LogP contribution in [0.15, 0.2) is 16.5 Å². The molecule has 0 aliphatic heterocycles. The van der Waals surface area contributed by atoms with Gasteiger partial charge in [-0.3, -0.25) is 0 Å². The number of carbonyl (C=O) groups is 1. The van der Waals surface area contributed by atoms with Crippen LogP contribution in [0.2, 0.25) is 0 Å². The lowest BCUT2D eigenvalue weighted by atomic mass is 10.2. The monoisotopic (exact) mass is 261 g/mol. The van der Waals surface area contributed by atoms with E-state index in [9.17, 15) is 13.2 Å². The molecule has 0 bridgehead atoms. The van der Waals surface area contributed by atoms with Gasteiger partial charge in [0.2, 0.25) is 5.76 Å². The Hall–Kier alpha value is -1.34. The number of nitrogens with one attached hydrogen (secondary N) is 1. The second-order valence-electron chi connectivity index (χ2n) is 3.81. The van der Waals surface area contributed by atoms with E-state index in [1.54, 1.807) is 13.0 Å². The Bertz CT molecular complexity index is 491. The summed E-state index contributed by atoms with van der Waals surface area (Å²) in [5, 5.41) is 11.6. The van der Waals surface area contributed by atoms with Gasteiger partial charge in [-0.15, -0.1) is 0 Å². The van der Waals surface area contributed by atoms with Gasteiger partial charge in [-0.05, 0) is 19.1 Å². The van der Waals surface area contributed by atoms with E-state index in [1.807, 2.05) is 0 Å². The average Bonchev–Trinajstić information content (AvgIpc) is 2.63. The summed E-state index contributed by atoms with van der Waals surface area (Å²) < 4.78 is 26.9. The van der Waals surface area contributed by atoms with Crippen LogP contribution in [-0.2, 0) is 9.84 Å². The quantitative estimate of drug-likeness (QED) is 0.781. The number of carboxylic acids is 1. The smallest absolute Gasteiger partial charge is 0.371 e. The topological polar surface area (TPSA) is 96.6 Å². The van der Waals surface area contributed by atoms with Gasteiger partial charge in [0, 0.05) is 12.8 Å². The molecule has 17 heavy (non-hydrogen) atoms. The first-order valence-electron chi connectivity index (χ1n) is 5.04. The Morgan fingerprint density at radius 2 is 2.18 bits per heavy atom. The fourth-order valence-corrected chi connectivity index (χ4v) is 1.75. The normalized spacial score (nSPS) is 13.5. The zero-order valence-corrected chi connectivity index (χ0v) is 10.5. The minimum atomic E-state index is -3.00. The van der Waals surface area contributed by atoms with E-state index in [0.717, 1.165) is 6.26 Å². The number of hydrogen-bond donors (Lipinski definition) is 2. The van der Waals surface area contributed by atoms with Crippen molar-refractivity contribution in [2.24, 2.45) is 0 Å². The Morgan fingerprint density at radius 3 is 2.65 bits per heavy atom. The zero-order valence-electron chi connectivity index (χ0n) is 9.63. The summed E-state index contributed by atoms with van der Waals surface area (Å²) in [4.78, 5) is 10.6. The van der Waals surface area contributed by atoms with Gasteiger partial charge in [-0.2, -0.15) is 0 Å². The molecule has 0 fully saturated rings. The summed E-state index contributed by atoms with van der Waals surface area (Å²) in [6.45, 7) is 2.07. The molecule has 1 aromatic rings. The lowest BCUT2D eigenvalue weighted by Gasteiger charge is -2.10. The highest BCUT2D eigenvalue weighted by Crippen LogP contribution is 2.15. The molecule has 1 heterocycles. The summed E-state index contributed by atoms with van der Waals surface area (Å²) >= 11 is 0. The number of aromatic carboxylic acids is 1. The minimum absolute atomic E-state index is 0.0316. The molecule has 0 spiro atoms. The Kier molecular flexibility index (Phi) is 4.30. The van der Waals surface area contributed by atoms with E-state index in [2.05, 4.69) is 5.32 Å². The van der Waals surface area contributed by atoms with Crippen molar-refractivity contribution in [2.45, 2.75) is 13.0 Å². The van der Waals surface area contributed by atoms with Crippen LogP contribution in [0.1, 0.15) is 29.3 Å². The van der Waals surface area contributed by atoms with Crippen LogP contribution in [-0.4, -0.2) is 38.0 Å². The number of carboxylic acid groups (broad SMARTS) is 1. The van der Waals surface area contributed by atoms with Crippen molar-refractivity contribution in [3.63, 3.8) is 0 Å². The molecule has 1 aromatic heterocycles. The third kappa shape index (κ3) is 4.58. The van der Waals surface area contributed by atoms with Crippen molar-refractivity contribution in [1.29, 1.82) is 0 Å². The molecule has 0 saturated carbocycles. The molecular formula is C10H15NO5S. The standard InChI is InChI=1S/C10H15NO5S/c1-7(11-5-6-17(2,14)15)8-3-4-9(16-8)10(12)13/h3-4,7,11H,5-6H2,1-2H3,(H,12,13). The molecule has 1 atom stereocenters. The largest absolute Gasteiger partial charge is 0.475 e. The van der Waals surface area contributed by atoms with Crippen LogP contribution in [0.5, 0.6) is 0 Å². The molecule has 0 radical (unpaired) electrons. The van der Waals surface area contributed by atoms with Gasteiger partial charge in [0.25, 0.3) is 0 Å². The maximum Gasteiger partial charge on any atom is 0.371 e.